The molecule has 0 fully saturated rings. The summed E-state index contributed by atoms with van der Waals surface area (Å²) in [4.78, 5) is 8.37. The number of anilines is 2. The molecule has 0 aliphatic heterocycles. The van der Waals surface area contributed by atoms with Gasteiger partial charge in [-0.1, -0.05) is 6.07 Å². The van der Waals surface area contributed by atoms with E-state index < -0.39 is 0 Å². The Morgan fingerprint density at radius 3 is 2.86 bits per heavy atom. The number of methoxy groups -OCH3 is 1. The fraction of sp³-hybridized carbons (Fsp3) is 0.0667. The Balaban J connectivity index is 2.10. The van der Waals surface area contributed by atoms with E-state index in [1.165, 1.54) is 6.33 Å². The van der Waals surface area contributed by atoms with E-state index in [1.54, 1.807) is 19.2 Å². The predicted molar refractivity (Wildman–Crippen MR) is 85.2 cm³/mol. The molecule has 0 aliphatic carbocycles. The van der Waals surface area contributed by atoms with Gasteiger partial charge in [-0.2, -0.15) is 0 Å². The molecule has 0 bridgehead atoms. The van der Waals surface area contributed by atoms with Crippen LogP contribution in [-0.4, -0.2) is 22.2 Å². The first-order valence-corrected chi connectivity index (χ1v) is 7.01. The van der Waals surface area contributed by atoms with Gasteiger partial charge in [0.25, 0.3) is 0 Å². The molecular weight excluding hydrogens is 334 g/mol. The number of nitrogens with one attached hydrogen (secondary N) is 1. The Bertz CT molecular complexity index is 803. The summed E-state index contributed by atoms with van der Waals surface area (Å²) in [6.45, 7) is 0. The lowest BCUT2D eigenvalue weighted by molar-refractivity contribution is 0.415. The van der Waals surface area contributed by atoms with E-state index >= 15 is 0 Å². The Morgan fingerprint density at radius 1 is 1.19 bits per heavy atom. The number of ether oxygens (including phenoxy) is 1. The van der Waals surface area contributed by atoms with Crippen LogP contribution in [0.5, 0.6) is 11.5 Å². The molecule has 0 unspecified atom stereocenters. The third-order valence-corrected chi connectivity index (χ3v) is 3.76. The number of aromatic hydroxyl groups is 1. The van der Waals surface area contributed by atoms with Gasteiger partial charge in [-0.3, -0.25) is 0 Å². The molecule has 0 saturated carbocycles. The lowest BCUT2D eigenvalue weighted by Crippen LogP contribution is -1.97. The molecule has 2 aromatic carbocycles. The molecule has 1 heterocycles. The first kappa shape index (κ1) is 13.6. The number of benzene rings is 2. The third-order valence-electron chi connectivity index (χ3n) is 3.07. The van der Waals surface area contributed by atoms with Gasteiger partial charge in [0.1, 0.15) is 23.6 Å². The number of halogens is 1. The highest BCUT2D eigenvalue weighted by molar-refractivity contribution is 9.10. The molecule has 0 aliphatic rings. The van der Waals surface area contributed by atoms with Crippen molar-refractivity contribution in [2.24, 2.45) is 0 Å². The summed E-state index contributed by atoms with van der Waals surface area (Å²) in [7, 11) is 1.61. The van der Waals surface area contributed by atoms with Crippen molar-refractivity contribution in [3.63, 3.8) is 0 Å². The maximum Gasteiger partial charge on any atom is 0.145 e. The molecule has 0 radical (unpaired) electrons. The molecule has 106 valence electrons. The van der Waals surface area contributed by atoms with Gasteiger partial charge in [-0.05, 0) is 40.2 Å². The van der Waals surface area contributed by atoms with Crippen molar-refractivity contribution in [3.8, 4) is 11.5 Å². The zero-order valence-corrected chi connectivity index (χ0v) is 12.8. The summed E-state index contributed by atoms with van der Waals surface area (Å²) in [5, 5.41) is 13.8. The average Bonchev–Trinajstić information content (AvgIpc) is 2.50. The highest BCUT2D eigenvalue weighted by Crippen LogP contribution is 2.34. The number of hydrogen-bond donors (Lipinski definition) is 2. The molecule has 3 aromatic rings. The van der Waals surface area contributed by atoms with Crippen LogP contribution in [0.3, 0.4) is 0 Å². The maximum absolute atomic E-state index is 10.0. The van der Waals surface area contributed by atoms with Crippen molar-refractivity contribution in [3.05, 3.63) is 47.2 Å². The Morgan fingerprint density at radius 2 is 2.05 bits per heavy atom. The third kappa shape index (κ3) is 2.62. The molecule has 2 N–H and O–H groups in total. The van der Waals surface area contributed by atoms with E-state index in [9.17, 15) is 5.11 Å². The van der Waals surface area contributed by atoms with Crippen LogP contribution in [0.1, 0.15) is 0 Å². The number of nitrogens with zero attached hydrogens (tertiary/aromatic N) is 2. The van der Waals surface area contributed by atoms with Crippen LogP contribution in [0.2, 0.25) is 0 Å². The predicted octanol–water partition coefficient (Wildman–Crippen LogP) is 3.85. The largest absolute Gasteiger partial charge is 0.507 e. The highest BCUT2D eigenvalue weighted by atomic mass is 79.9. The van der Waals surface area contributed by atoms with E-state index in [-0.39, 0.29) is 5.75 Å². The number of rotatable bonds is 3. The SMILES string of the molecule is COc1ccc(Br)c(Nc2ncnc3cccc(O)c23)c1. The van der Waals surface area contributed by atoms with Crippen molar-refractivity contribution in [1.82, 2.24) is 9.97 Å². The molecule has 1 aromatic heterocycles. The normalized spacial score (nSPS) is 10.6. The van der Waals surface area contributed by atoms with Crippen LogP contribution in [0.25, 0.3) is 10.9 Å². The van der Waals surface area contributed by atoms with Crippen molar-refractivity contribution in [2.75, 3.05) is 12.4 Å². The summed E-state index contributed by atoms with van der Waals surface area (Å²) in [6, 6.07) is 10.8. The van der Waals surface area contributed by atoms with Crippen LogP contribution in [-0.2, 0) is 0 Å². The number of phenols is 1. The van der Waals surface area contributed by atoms with Crippen LogP contribution >= 0.6 is 15.9 Å². The molecule has 5 nitrogen and oxygen atoms in total. The molecule has 6 heteroatoms. The molecule has 3 rings (SSSR count). The van der Waals surface area contributed by atoms with Gasteiger partial charge in [0.15, 0.2) is 0 Å². The quantitative estimate of drug-likeness (QED) is 0.754. The zero-order chi connectivity index (χ0) is 14.8. The van der Waals surface area contributed by atoms with Crippen LogP contribution in [0.15, 0.2) is 47.2 Å². The number of fused-ring (bicyclic) bond motifs is 1. The zero-order valence-electron chi connectivity index (χ0n) is 11.2. The second kappa shape index (κ2) is 5.57. The molecule has 21 heavy (non-hydrogen) atoms. The molecule has 0 spiro atoms. The molecular formula is C15H12BrN3O2. The van der Waals surface area contributed by atoms with Gasteiger partial charge >= 0.3 is 0 Å². The summed E-state index contributed by atoms with van der Waals surface area (Å²) in [5.74, 6) is 1.39. The van der Waals surface area contributed by atoms with Crippen LogP contribution < -0.4 is 10.1 Å². The summed E-state index contributed by atoms with van der Waals surface area (Å²) in [6.07, 6.45) is 1.46. The maximum atomic E-state index is 10.0. The standard InChI is InChI=1S/C15H12BrN3O2/c1-21-9-5-6-10(16)12(7-9)19-15-14-11(17-8-18-15)3-2-4-13(14)20/h2-8,20H,1H3,(H,17,18,19). The van der Waals surface area contributed by atoms with E-state index in [4.69, 9.17) is 4.74 Å². The lowest BCUT2D eigenvalue weighted by Gasteiger charge is -2.12. The highest BCUT2D eigenvalue weighted by Gasteiger charge is 2.10. The summed E-state index contributed by atoms with van der Waals surface area (Å²) in [5.41, 5.74) is 1.46. The Hall–Kier alpha value is -2.34. The molecule has 0 amide bonds. The molecule has 0 saturated heterocycles. The van der Waals surface area contributed by atoms with Gasteiger partial charge in [0.2, 0.25) is 0 Å². The van der Waals surface area contributed by atoms with E-state index in [1.807, 2.05) is 24.3 Å². The Labute approximate surface area is 129 Å². The monoisotopic (exact) mass is 345 g/mol. The molecule has 0 atom stereocenters. The van der Waals surface area contributed by atoms with E-state index in [0.29, 0.717) is 16.7 Å². The van der Waals surface area contributed by atoms with Crippen LogP contribution in [0, 0.1) is 0 Å². The van der Waals surface area contributed by atoms with Crippen molar-refractivity contribution < 1.29 is 9.84 Å². The topological polar surface area (TPSA) is 67.3 Å². The number of phenolic OH excluding ortho intramolecular Hbond substituents is 1. The minimum atomic E-state index is 0.134. The number of aromatic nitrogens is 2. The first-order valence-electron chi connectivity index (χ1n) is 6.22. The van der Waals surface area contributed by atoms with Crippen molar-refractivity contribution >= 4 is 38.3 Å². The fourth-order valence-electron chi connectivity index (χ4n) is 2.04. The fourth-order valence-corrected chi connectivity index (χ4v) is 2.39. The minimum absolute atomic E-state index is 0.134. The smallest absolute Gasteiger partial charge is 0.145 e. The lowest BCUT2D eigenvalue weighted by atomic mass is 10.2. The van der Waals surface area contributed by atoms with Crippen LogP contribution in [0.4, 0.5) is 11.5 Å². The average molecular weight is 346 g/mol. The first-order chi connectivity index (χ1) is 10.2. The minimum Gasteiger partial charge on any atom is -0.507 e. The van der Waals surface area contributed by atoms with Gasteiger partial charge in [0.05, 0.1) is 23.7 Å². The van der Waals surface area contributed by atoms with Gasteiger partial charge in [0, 0.05) is 10.5 Å². The summed E-state index contributed by atoms with van der Waals surface area (Å²) < 4.78 is 6.08. The summed E-state index contributed by atoms with van der Waals surface area (Å²) >= 11 is 3.48. The Kier molecular flexibility index (Phi) is 3.62. The van der Waals surface area contributed by atoms with Gasteiger partial charge < -0.3 is 15.2 Å². The second-order valence-electron chi connectivity index (χ2n) is 4.36. The van der Waals surface area contributed by atoms with E-state index in [0.717, 1.165) is 15.9 Å². The number of hydrogen-bond acceptors (Lipinski definition) is 5. The van der Waals surface area contributed by atoms with Crippen molar-refractivity contribution in [1.29, 1.82) is 0 Å². The van der Waals surface area contributed by atoms with Gasteiger partial charge in [-0.15, -0.1) is 0 Å². The van der Waals surface area contributed by atoms with Gasteiger partial charge in [-0.25, -0.2) is 9.97 Å². The van der Waals surface area contributed by atoms with Crippen molar-refractivity contribution in [2.45, 2.75) is 0 Å². The van der Waals surface area contributed by atoms with E-state index in [2.05, 4.69) is 31.2 Å². The second-order valence-corrected chi connectivity index (χ2v) is 5.22.